The summed E-state index contributed by atoms with van der Waals surface area (Å²) in [5.74, 6) is -0.0415. The summed E-state index contributed by atoms with van der Waals surface area (Å²) < 4.78 is 20.3. The highest BCUT2D eigenvalue weighted by molar-refractivity contribution is 7.21. The van der Waals surface area contributed by atoms with Crippen LogP contribution in [-0.2, 0) is 6.54 Å². The van der Waals surface area contributed by atoms with Crippen molar-refractivity contribution >= 4 is 27.4 Å². The van der Waals surface area contributed by atoms with Crippen LogP contribution in [0.4, 0.5) is 4.39 Å². The van der Waals surface area contributed by atoms with E-state index in [2.05, 4.69) is 15.0 Å². The Hall–Kier alpha value is -2.32. The summed E-state index contributed by atoms with van der Waals surface area (Å²) in [6.07, 6.45) is 1.89. The first kappa shape index (κ1) is 17.1. The highest BCUT2D eigenvalue weighted by Gasteiger charge is 2.28. The summed E-state index contributed by atoms with van der Waals surface area (Å²) in [5, 5.41) is 13.8. The van der Waals surface area contributed by atoms with Gasteiger partial charge in [0.1, 0.15) is 10.7 Å². The molecule has 0 aliphatic carbocycles. The molecule has 26 heavy (non-hydrogen) atoms. The van der Waals surface area contributed by atoms with Gasteiger partial charge in [-0.2, -0.15) is 4.98 Å². The highest BCUT2D eigenvalue weighted by atomic mass is 32.1. The molecule has 1 unspecified atom stereocenters. The van der Waals surface area contributed by atoms with Crippen LogP contribution in [0.15, 0.2) is 22.7 Å². The lowest BCUT2D eigenvalue weighted by Crippen LogP contribution is -2.34. The lowest BCUT2D eigenvalue weighted by molar-refractivity contribution is 0.0699. The normalized spacial score (nSPS) is 18.5. The van der Waals surface area contributed by atoms with Crippen molar-refractivity contribution in [3.05, 3.63) is 46.2 Å². The molecule has 0 saturated carbocycles. The fraction of sp³-hybridized carbons (Fsp3) is 0.389. The number of piperidine rings is 1. The Morgan fingerprint density at radius 1 is 1.50 bits per heavy atom. The van der Waals surface area contributed by atoms with E-state index in [1.807, 2.05) is 0 Å². The van der Waals surface area contributed by atoms with Crippen molar-refractivity contribution in [2.45, 2.75) is 32.2 Å². The van der Waals surface area contributed by atoms with Crippen LogP contribution in [0.25, 0.3) is 10.1 Å². The van der Waals surface area contributed by atoms with E-state index in [-0.39, 0.29) is 16.6 Å². The second-order valence-electron chi connectivity index (χ2n) is 6.58. The van der Waals surface area contributed by atoms with Crippen LogP contribution in [0.5, 0.6) is 0 Å². The zero-order chi connectivity index (χ0) is 18.3. The summed E-state index contributed by atoms with van der Waals surface area (Å²) >= 11 is 1.13. The van der Waals surface area contributed by atoms with Gasteiger partial charge < -0.3 is 9.63 Å². The summed E-state index contributed by atoms with van der Waals surface area (Å²) in [6.45, 7) is 3.69. The minimum absolute atomic E-state index is 0.118. The van der Waals surface area contributed by atoms with Crippen LogP contribution < -0.4 is 0 Å². The number of hydrogen-bond acceptors (Lipinski definition) is 6. The molecule has 3 heterocycles. The summed E-state index contributed by atoms with van der Waals surface area (Å²) in [6, 6.07) is 4.75. The van der Waals surface area contributed by atoms with E-state index >= 15 is 0 Å². The quantitative estimate of drug-likeness (QED) is 0.747. The van der Waals surface area contributed by atoms with E-state index in [1.165, 1.54) is 6.07 Å². The molecule has 8 heteroatoms. The Kier molecular flexibility index (Phi) is 4.46. The van der Waals surface area contributed by atoms with Gasteiger partial charge in [-0.3, -0.25) is 4.90 Å². The first-order chi connectivity index (χ1) is 12.5. The number of thiophene rings is 1. The van der Waals surface area contributed by atoms with E-state index in [1.54, 1.807) is 19.1 Å². The zero-order valence-corrected chi connectivity index (χ0v) is 15.1. The smallest absolute Gasteiger partial charge is 0.346 e. The fourth-order valence-electron chi connectivity index (χ4n) is 3.59. The minimum Gasteiger partial charge on any atom is -0.477 e. The Morgan fingerprint density at radius 3 is 3.08 bits per heavy atom. The molecule has 136 valence electrons. The molecule has 0 amide bonds. The van der Waals surface area contributed by atoms with Crippen molar-refractivity contribution < 1.29 is 18.8 Å². The maximum absolute atomic E-state index is 14.4. The molecular formula is C18H18FN3O3S. The molecule has 3 aromatic rings. The van der Waals surface area contributed by atoms with Crippen molar-refractivity contribution in [3.63, 3.8) is 0 Å². The van der Waals surface area contributed by atoms with Crippen molar-refractivity contribution in [2.24, 2.45) is 0 Å². The predicted molar refractivity (Wildman–Crippen MR) is 95.0 cm³/mol. The van der Waals surface area contributed by atoms with E-state index < -0.39 is 5.97 Å². The maximum atomic E-state index is 14.4. The molecule has 1 atom stereocenters. The summed E-state index contributed by atoms with van der Waals surface area (Å²) in [5.41, 5.74) is 0.554. The molecule has 0 spiro atoms. The number of hydrogen-bond donors (Lipinski definition) is 1. The second-order valence-corrected chi connectivity index (χ2v) is 7.63. The van der Waals surface area contributed by atoms with Crippen molar-refractivity contribution in [2.75, 3.05) is 13.1 Å². The van der Waals surface area contributed by atoms with Crippen LogP contribution in [0.1, 0.15) is 45.7 Å². The van der Waals surface area contributed by atoms with E-state index in [4.69, 9.17) is 4.52 Å². The molecule has 6 nitrogen and oxygen atoms in total. The number of benzene rings is 1. The van der Waals surface area contributed by atoms with E-state index in [9.17, 15) is 14.3 Å². The Morgan fingerprint density at radius 2 is 2.35 bits per heavy atom. The van der Waals surface area contributed by atoms with Crippen molar-refractivity contribution in [3.8, 4) is 0 Å². The van der Waals surface area contributed by atoms with Gasteiger partial charge in [-0.25, -0.2) is 9.18 Å². The number of carbonyl (C=O) groups is 1. The number of carboxylic acid groups (broad SMARTS) is 1. The predicted octanol–water partition coefficient (Wildman–Crippen LogP) is 3.81. The average molecular weight is 375 g/mol. The van der Waals surface area contributed by atoms with Crippen LogP contribution in [0, 0.1) is 12.7 Å². The molecule has 2 aromatic heterocycles. The van der Waals surface area contributed by atoms with Gasteiger partial charge in [0, 0.05) is 28.7 Å². The van der Waals surface area contributed by atoms with Crippen molar-refractivity contribution in [1.29, 1.82) is 0 Å². The number of aryl methyl sites for hydroxylation is 1. The fourth-order valence-corrected chi connectivity index (χ4v) is 4.66. The van der Waals surface area contributed by atoms with Gasteiger partial charge in [-0.15, -0.1) is 11.3 Å². The second kappa shape index (κ2) is 6.77. The number of nitrogens with zero attached hydrogens (tertiary/aromatic N) is 3. The third-order valence-electron chi connectivity index (χ3n) is 4.74. The van der Waals surface area contributed by atoms with Gasteiger partial charge in [-0.05, 0) is 38.4 Å². The maximum Gasteiger partial charge on any atom is 0.346 e. The van der Waals surface area contributed by atoms with Gasteiger partial charge in [0.05, 0.1) is 5.92 Å². The summed E-state index contributed by atoms with van der Waals surface area (Å²) in [7, 11) is 0. The first-order valence-corrected chi connectivity index (χ1v) is 9.30. The summed E-state index contributed by atoms with van der Waals surface area (Å²) in [4.78, 5) is 18.3. The van der Waals surface area contributed by atoms with Crippen LogP contribution in [0.3, 0.4) is 0 Å². The molecule has 0 bridgehead atoms. The minimum atomic E-state index is -1.01. The number of aromatic nitrogens is 2. The van der Waals surface area contributed by atoms with Crippen molar-refractivity contribution in [1.82, 2.24) is 15.0 Å². The van der Waals surface area contributed by atoms with Gasteiger partial charge in [-0.1, -0.05) is 11.2 Å². The van der Waals surface area contributed by atoms with Crippen LogP contribution in [-0.4, -0.2) is 39.2 Å². The number of fused-ring (bicyclic) bond motifs is 1. The van der Waals surface area contributed by atoms with E-state index in [0.29, 0.717) is 40.5 Å². The zero-order valence-electron chi connectivity index (χ0n) is 14.2. The Balaban J connectivity index is 1.64. The molecule has 1 N–H and O–H groups in total. The third-order valence-corrected chi connectivity index (χ3v) is 5.92. The number of aromatic carboxylic acids is 1. The molecule has 0 radical (unpaired) electrons. The van der Waals surface area contributed by atoms with Gasteiger partial charge in [0.15, 0.2) is 5.82 Å². The van der Waals surface area contributed by atoms with Gasteiger partial charge >= 0.3 is 5.97 Å². The van der Waals surface area contributed by atoms with Crippen LogP contribution >= 0.6 is 11.3 Å². The number of carboxylic acids is 1. The lowest BCUT2D eigenvalue weighted by Gasteiger charge is -2.31. The average Bonchev–Trinajstić information content (AvgIpc) is 3.20. The molecule has 1 aromatic carbocycles. The monoisotopic (exact) mass is 375 g/mol. The first-order valence-electron chi connectivity index (χ1n) is 8.48. The number of halogens is 1. The standard InChI is InChI=1S/C18H18FN3O3S/c1-10-20-17(25-21-10)11-4-3-7-22(8-11)9-12-15-13(19)5-2-6-14(15)26-16(12)18(23)24/h2,5-6,11H,3-4,7-9H2,1H3,(H,23,24). The Labute approximate surface area is 153 Å². The number of rotatable bonds is 4. The Bertz CT molecular complexity index is 968. The number of likely N-dealkylation sites (tertiary alicyclic amines) is 1. The molecule has 1 aliphatic rings. The third kappa shape index (κ3) is 3.10. The topological polar surface area (TPSA) is 79.5 Å². The molecule has 4 rings (SSSR count). The van der Waals surface area contributed by atoms with E-state index in [0.717, 1.165) is 30.7 Å². The highest BCUT2D eigenvalue weighted by Crippen LogP contribution is 2.35. The molecule has 1 fully saturated rings. The molecule has 1 saturated heterocycles. The largest absolute Gasteiger partial charge is 0.477 e. The van der Waals surface area contributed by atoms with Gasteiger partial charge in [0.2, 0.25) is 5.89 Å². The molecular weight excluding hydrogens is 357 g/mol. The lowest BCUT2D eigenvalue weighted by atomic mass is 9.97. The van der Waals surface area contributed by atoms with Gasteiger partial charge in [0.25, 0.3) is 0 Å². The van der Waals surface area contributed by atoms with Crippen LogP contribution in [0.2, 0.25) is 0 Å². The SMILES string of the molecule is Cc1noc(C2CCCN(Cc3c(C(=O)O)sc4cccc(F)c34)C2)n1. The molecule has 1 aliphatic heterocycles.